The minimum absolute atomic E-state index is 0.239. The van der Waals surface area contributed by atoms with Gasteiger partial charge < -0.3 is 5.32 Å². The van der Waals surface area contributed by atoms with Crippen molar-refractivity contribution >= 4 is 0 Å². The van der Waals surface area contributed by atoms with Crippen molar-refractivity contribution in [3.8, 4) is 0 Å². The summed E-state index contributed by atoms with van der Waals surface area (Å²) in [6.07, 6.45) is 3.74. The lowest BCUT2D eigenvalue weighted by Crippen LogP contribution is -2.36. The topological polar surface area (TPSA) is 12.0 Å². The van der Waals surface area contributed by atoms with E-state index in [9.17, 15) is 0 Å². The van der Waals surface area contributed by atoms with Crippen molar-refractivity contribution in [3.63, 3.8) is 0 Å². The highest BCUT2D eigenvalue weighted by atomic mass is 14.9. The van der Waals surface area contributed by atoms with Gasteiger partial charge in [-0.3, -0.25) is 0 Å². The SMILES string of the molecule is CC(CCNC(C)(C)C)CCc1ccc(C(C)(C)C)cc1. The first-order valence-corrected chi connectivity index (χ1v) is 8.42. The molecule has 1 nitrogen and oxygen atoms in total. The molecule has 1 unspecified atom stereocenters. The van der Waals surface area contributed by atoms with Gasteiger partial charge in [0.05, 0.1) is 0 Å². The van der Waals surface area contributed by atoms with Gasteiger partial charge in [0, 0.05) is 5.54 Å². The molecular weight excluding hydrogens is 254 g/mol. The van der Waals surface area contributed by atoms with Gasteiger partial charge in [-0.05, 0) is 69.0 Å². The van der Waals surface area contributed by atoms with Crippen LogP contribution in [0.4, 0.5) is 0 Å². The van der Waals surface area contributed by atoms with E-state index in [1.807, 2.05) is 0 Å². The van der Waals surface area contributed by atoms with Crippen LogP contribution in [0, 0.1) is 5.92 Å². The van der Waals surface area contributed by atoms with Crippen molar-refractivity contribution in [1.82, 2.24) is 5.32 Å². The Labute approximate surface area is 132 Å². The second-order valence-corrected chi connectivity index (χ2v) is 8.56. The van der Waals surface area contributed by atoms with E-state index < -0.39 is 0 Å². The first-order chi connectivity index (χ1) is 9.58. The molecule has 1 heteroatoms. The molecule has 0 aromatic heterocycles. The van der Waals surface area contributed by atoms with Gasteiger partial charge in [0.2, 0.25) is 0 Å². The molecule has 1 rings (SSSR count). The number of nitrogens with one attached hydrogen (secondary N) is 1. The number of benzene rings is 1. The normalized spacial score (nSPS) is 14.2. The van der Waals surface area contributed by atoms with Gasteiger partial charge in [-0.25, -0.2) is 0 Å². The highest BCUT2D eigenvalue weighted by molar-refractivity contribution is 5.27. The fourth-order valence-corrected chi connectivity index (χ4v) is 2.42. The molecule has 0 aliphatic carbocycles. The zero-order valence-electron chi connectivity index (χ0n) is 15.2. The Morgan fingerprint density at radius 1 is 0.905 bits per heavy atom. The minimum Gasteiger partial charge on any atom is -0.312 e. The van der Waals surface area contributed by atoms with E-state index in [0.717, 1.165) is 12.5 Å². The molecule has 0 saturated carbocycles. The van der Waals surface area contributed by atoms with Crippen molar-refractivity contribution in [2.45, 2.75) is 78.7 Å². The molecular formula is C20H35N. The summed E-state index contributed by atoms with van der Waals surface area (Å²) in [4.78, 5) is 0. The van der Waals surface area contributed by atoms with Gasteiger partial charge in [-0.2, -0.15) is 0 Å². The van der Waals surface area contributed by atoms with Crippen LogP contribution in [0.5, 0.6) is 0 Å². The maximum Gasteiger partial charge on any atom is 0.00965 e. The molecule has 1 aromatic carbocycles. The van der Waals surface area contributed by atoms with Crippen LogP contribution in [-0.2, 0) is 11.8 Å². The summed E-state index contributed by atoms with van der Waals surface area (Å²) in [5.74, 6) is 0.780. The quantitative estimate of drug-likeness (QED) is 0.746. The van der Waals surface area contributed by atoms with Crippen LogP contribution >= 0.6 is 0 Å². The summed E-state index contributed by atoms with van der Waals surface area (Å²) in [7, 11) is 0. The molecule has 0 heterocycles. The van der Waals surface area contributed by atoms with E-state index >= 15 is 0 Å². The third-order valence-corrected chi connectivity index (χ3v) is 4.04. The predicted molar refractivity (Wildman–Crippen MR) is 95.0 cm³/mol. The van der Waals surface area contributed by atoms with E-state index in [1.165, 1.54) is 30.4 Å². The van der Waals surface area contributed by atoms with Crippen molar-refractivity contribution in [2.75, 3.05) is 6.54 Å². The molecule has 1 N–H and O–H groups in total. The van der Waals surface area contributed by atoms with Crippen molar-refractivity contribution in [2.24, 2.45) is 5.92 Å². The van der Waals surface area contributed by atoms with Gasteiger partial charge in [0.15, 0.2) is 0 Å². The van der Waals surface area contributed by atoms with Gasteiger partial charge in [0.25, 0.3) is 0 Å². The van der Waals surface area contributed by atoms with Gasteiger partial charge in [-0.1, -0.05) is 52.0 Å². The maximum absolute atomic E-state index is 3.58. The van der Waals surface area contributed by atoms with Gasteiger partial charge >= 0.3 is 0 Å². The van der Waals surface area contributed by atoms with Gasteiger partial charge in [0.1, 0.15) is 0 Å². The van der Waals surface area contributed by atoms with Crippen LogP contribution in [-0.4, -0.2) is 12.1 Å². The first kappa shape index (κ1) is 18.2. The fourth-order valence-electron chi connectivity index (χ4n) is 2.42. The monoisotopic (exact) mass is 289 g/mol. The Morgan fingerprint density at radius 3 is 1.95 bits per heavy atom. The van der Waals surface area contributed by atoms with Crippen molar-refractivity contribution in [1.29, 1.82) is 0 Å². The van der Waals surface area contributed by atoms with Crippen LogP contribution < -0.4 is 5.32 Å². The Kier molecular flexibility index (Phi) is 6.46. The molecule has 0 fully saturated rings. The molecule has 21 heavy (non-hydrogen) atoms. The third kappa shape index (κ3) is 7.66. The zero-order valence-corrected chi connectivity index (χ0v) is 15.2. The average Bonchev–Trinajstić information content (AvgIpc) is 2.34. The van der Waals surface area contributed by atoms with Crippen LogP contribution in [0.15, 0.2) is 24.3 Å². The van der Waals surface area contributed by atoms with Crippen LogP contribution in [0.25, 0.3) is 0 Å². The van der Waals surface area contributed by atoms with Crippen molar-refractivity contribution in [3.05, 3.63) is 35.4 Å². The molecule has 120 valence electrons. The number of hydrogen-bond acceptors (Lipinski definition) is 1. The Bertz CT molecular complexity index is 403. The maximum atomic E-state index is 3.58. The second kappa shape index (κ2) is 7.45. The van der Waals surface area contributed by atoms with E-state index in [4.69, 9.17) is 0 Å². The van der Waals surface area contributed by atoms with E-state index in [2.05, 4.69) is 78.0 Å². The van der Waals surface area contributed by atoms with E-state index in [0.29, 0.717) is 0 Å². The molecule has 0 spiro atoms. The lowest BCUT2D eigenvalue weighted by molar-refractivity contribution is 0.386. The molecule has 0 bridgehead atoms. The summed E-state index contributed by atoms with van der Waals surface area (Å²) < 4.78 is 0. The summed E-state index contributed by atoms with van der Waals surface area (Å²) in [6, 6.07) is 9.20. The van der Waals surface area contributed by atoms with E-state index in [-0.39, 0.29) is 11.0 Å². The molecule has 1 atom stereocenters. The molecule has 0 aliphatic rings. The second-order valence-electron chi connectivity index (χ2n) is 8.56. The number of hydrogen-bond donors (Lipinski definition) is 1. The van der Waals surface area contributed by atoms with Crippen molar-refractivity contribution < 1.29 is 0 Å². The highest BCUT2D eigenvalue weighted by Crippen LogP contribution is 2.23. The predicted octanol–water partition coefficient (Wildman–Crippen LogP) is 5.33. The Morgan fingerprint density at radius 2 is 1.48 bits per heavy atom. The number of rotatable bonds is 6. The Hall–Kier alpha value is -0.820. The molecule has 0 saturated heterocycles. The van der Waals surface area contributed by atoms with E-state index in [1.54, 1.807) is 0 Å². The number of aryl methyl sites for hydroxylation is 1. The van der Waals surface area contributed by atoms with Crippen LogP contribution in [0.2, 0.25) is 0 Å². The Balaban J connectivity index is 2.35. The standard InChI is InChI=1S/C20H35N/c1-16(14-15-21-20(5,6)7)8-9-17-10-12-18(13-11-17)19(2,3)4/h10-13,16,21H,8-9,14-15H2,1-7H3. The third-order valence-electron chi connectivity index (χ3n) is 4.04. The highest BCUT2D eigenvalue weighted by Gasteiger charge is 2.13. The van der Waals surface area contributed by atoms with Crippen LogP contribution in [0.1, 0.15) is 72.4 Å². The largest absolute Gasteiger partial charge is 0.312 e. The summed E-state index contributed by atoms with van der Waals surface area (Å²) >= 11 is 0. The molecule has 1 aromatic rings. The first-order valence-electron chi connectivity index (χ1n) is 8.42. The lowest BCUT2D eigenvalue weighted by atomic mass is 9.86. The summed E-state index contributed by atoms with van der Waals surface area (Å²) in [6.45, 7) is 17.0. The lowest BCUT2D eigenvalue weighted by Gasteiger charge is -2.22. The molecule has 0 radical (unpaired) electrons. The minimum atomic E-state index is 0.239. The summed E-state index contributed by atoms with van der Waals surface area (Å²) in [5, 5.41) is 3.58. The fraction of sp³-hybridized carbons (Fsp3) is 0.700. The zero-order chi connectivity index (χ0) is 16.1. The summed E-state index contributed by atoms with van der Waals surface area (Å²) in [5.41, 5.74) is 3.39. The molecule has 0 amide bonds. The van der Waals surface area contributed by atoms with Gasteiger partial charge in [-0.15, -0.1) is 0 Å². The molecule has 0 aliphatic heterocycles. The smallest absolute Gasteiger partial charge is 0.00965 e. The average molecular weight is 290 g/mol. The van der Waals surface area contributed by atoms with Crippen LogP contribution in [0.3, 0.4) is 0 Å².